The van der Waals surface area contributed by atoms with Crippen LogP contribution in [0.15, 0.2) is 42.5 Å². The van der Waals surface area contributed by atoms with Crippen molar-refractivity contribution in [3.05, 3.63) is 59.2 Å². The molecule has 2 aromatic carbocycles. The molecule has 1 heterocycles. The summed E-state index contributed by atoms with van der Waals surface area (Å²) in [5.41, 5.74) is 3.62. The minimum Gasteiger partial charge on any atom is -0.486 e. The van der Waals surface area contributed by atoms with Crippen LogP contribution in [-0.4, -0.2) is 13.2 Å². The number of aryl methyl sites for hydroxylation is 1. The van der Waals surface area contributed by atoms with Crippen LogP contribution in [0.2, 0.25) is 0 Å². The van der Waals surface area contributed by atoms with Crippen LogP contribution < -0.4 is 9.47 Å². The molecule has 0 fully saturated rings. The Hall–Kier alpha value is -1.67. The van der Waals surface area contributed by atoms with Crippen molar-refractivity contribution < 1.29 is 9.47 Å². The summed E-state index contributed by atoms with van der Waals surface area (Å²) >= 11 is 6.56. The van der Waals surface area contributed by atoms with E-state index in [1.54, 1.807) is 0 Å². The molecule has 0 N–H and O–H groups in total. The van der Waals surface area contributed by atoms with E-state index in [0.29, 0.717) is 13.2 Å². The highest BCUT2D eigenvalue weighted by Gasteiger charge is 2.16. The summed E-state index contributed by atoms with van der Waals surface area (Å²) in [4.78, 5) is 0. The molecule has 1 aliphatic heterocycles. The molecule has 0 aliphatic carbocycles. The van der Waals surface area contributed by atoms with E-state index >= 15 is 0 Å². The molecular weight excluding hydrogens is 272 g/mol. The van der Waals surface area contributed by atoms with Gasteiger partial charge in [-0.25, -0.2) is 0 Å². The zero-order chi connectivity index (χ0) is 13.9. The minimum atomic E-state index is -0.0630. The Kier molecular flexibility index (Phi) is 3.83. The van der Waals surface area contributed by atoms with Crippen molar-refractivity contribution in [1.82, 2.24) is 0 Å². The van der Waals surface area contributed by atoms with E-state index in [0.717, 1.165) is 23.5 Å². The molecule has 0 saturated carbocycles. The maximum absolute atomic E-state index is 6.56. The fourth-order valence-corrected chi connectivity index (χ4v) is 2.71. The van der Waals surface area contributed by atoms with Crippen molar-refractivity contribution in [2.24, 2.45) is 0 Å². The summed E-state index contributed by atoms with van der Waals surface area (Å²) in [6.45, 7) is 3.32. The third-order valence-corrected chi connectivity index (χ3v) is 3.99. The van der Waals surface area contributed by atoms with E-state index in [4.69, 9.17) is 21.1 Å². The number of hydrogen-bond acceptors (Lipinski definition) is 2. The van der Waals surface area contributed by atoms with E-state index in [9.17, 15) is 0 Å². The average molecular weight is 289 g/mol. The first-order chi connectivity index (χ1) is 9.74. The first kappa shape index (κ1) is 13.3. The maximum Gasteiger partial charge on any atom is 0.161 e. The molecule has 0 amide bonds. The number of hydrogen-bond donors (Lipinski definition) is 0. The quantitative estimate of drug-likeness (QED) is 0.785. The fourth-order valence-electron chi connectivity index (χ4n) is 2.40. The summed E-state index contributed by atoms with van der Waals surface area (Å²) in [6.07, 6.45) is 0.813. The van der Waals surface area contributed by atoms with Gasteiger partial charge >= 0.3 is 0 Å². The minimum absolute atomic E-state index is 0.0630. The van der Waals surface area contributed by atoms with Crippen LogP contribution in [0.25, 0.3) is 0 Å². The summed E-state index contributed by atoms with van der Waals surface area (Å²) in [5.74, 6) is 1.60. The SMILES string of the molecule is Cc1ccccc1CC(Cl)c1ccc2c(c1)OCCO2. The van der Waals surface area contributed by atoms with Crippen LogP contribution in [0, 0.1) is 6.92 Å². The Morgan fingerprint density at radius 3 is 2.60 bits per heavy atom. The highest BCUT2D eigenvalue weighted by atomic mass is 35.5. The Labute approximate surface area is 124 Å². The topological polar surface area (TPSA) is 18.5 Å². The number of ether oxygens (including phenoxy) is 2. The van der Waals surface area contributed by atoms with Crippen LogP contribution in [0.3, 0.4) is 0 Å². The molecule has 20 heavy (non-hydrogen) atoms. The molecule has 3 heteroatoms. The molecule has 1 atom stereocenters. The van der Waals surface area contributed by atoms with Gasteiger partial charge in [-0.2, -0.15) is 0 Å². The largest absolute Gasteiger partial charge is 0.486 e. The van der Waals surface area contributed by atoms with Crippen molar-refractivity contribution >= 4 is 11.6 Å². The van der Waals surface area contributed by atoms with Crippen molar-refractivity contribution in [3.8, 4) is 11.5 Å². The Bertz CT molecular complexity index is 610. The zero-order valence-corrected chi connectivity index (χ0v) is 12.2. The van der Waals surface area contributed by atoms with Crippen LogP contribution in [0.1, 0.15) is 22.1 Å². The molecular formula is C17H17ClO2. The zero-order valence-electron chi connectivity index (χ0n) is 11.4. The van der Waals surface area contributed by atoms with Gasteiger partial charge in [0.15, 0.2) is 11.5 Å². The van der Waals surface area contributed by atoms with Gasteiger partial charge in [0.2, 0.25) is 0 Å². The van der Waals surface area contributed by atoms with Crippen molar-refractivity contribution in [2.45, 2.75) is 18.7 Å². The van der Waals surface area contributed by atoms with Gasteiger partial charge in [-0.1, -0.05) is 30.3 Å². The summed E-state index contributed by atoms with van der Waals surface area (Å²) < 4.78 is 11.1. The lowest BCUT2D eigenvalue weighted by molar-refractivity contribution is 0.171. The number of rotatable bonds is 3. The van der Waals surface area contributed by atoms with Gasteiger partial charge in [-0.15, -0.1) is 11.6 Å². The lowest BCUT2D eigenvalue weighted by atomic mass is 10.00. The predicted molar refractivity (Wildman–Crippen MR) is 80.9 cm³/mol. The Morgan fingerprint density at radius 1 is 1.05 bits per heavy atom. The van der Waals surface area contributed by atoms with E-state index in [2.05, 4.69) is 25.1 Å². The van der Waals surface area contributed by atoms with Gasteiger partial charge in [0.1, 0.15) is 13.2 Å². The number of fused-ring (bicyclic) bond motifs is 1. The molecule has 0 aromatic heterocycles. The first-order valence-corrected chi connectivity index (χ1v) is 7.26. The van der Waals surface area contributed by atoms with Crippen LogP contribution in [-0.2, 0) is 6.42 Å². The smallest absolute Gasteiger partial charge is 0.161 e. The molecule has 0 saturated heterocycles. The molecule has 0 spiro atoms. The van der Waals surface area contributed by atoms with Crippen LogP contribution in [0.5, 0.6) is 11.5 Å². The lowest BCUT2D eigenvalue weighted by Crippen LogP contribution is -2.15. The molecule has 1 aliphatic rings. The summed E-state index contributed by atoms with van der Waals surface area (Å²) in [6, 6.07) is 14.3. The number of alkyl halides is 1. The van der Waals surface area contributed by atoms with E-state index < -0.39 is 0 Å². The lowest BCUT2D eigenvalue weighted by Gasteiger charge is -2.20. The van der Waals surface area contributed by atoms with Gasteiger partial charge in [0, 0.05) is 0 Å². The third-order valence-electron chi connectivity index (χ3n) is 3.59. The van der Waals surface area contributed by atoms with E-state index in [-0.39, 0.29) is 5.38 Å². The molecule has 1 unspecified atom stereocenters. The molecule has 2 nitrogen and oxygen atoms in total. The predicted octanol–water partition coefficient (Wildman–Crippen LogP) is 4.29. The second-order valence-corrected chi connectivity index (χ2v) is 5.53. The highest BCUT2D eigenvalue weighted by Crippen LogP contribution is 2.35. The van der Waals surface area contributed by atoms with Gasteiger partial charge in [-0.05, 0) is 42.2 Å². The van der Waals surface area contributed by atoms with E-state index in [1.807, 2.05) is 24.3 Å². The molecule has 104 valence electrons. The average Bonchev–Trinajstić information content (AvgIpc) is 2.49. The first-order valence-electron chi connectivity index (χ1n) is 6.82. The maximum atomic E-state index is 6.56. The van der Waals surface area contributed by atoms with Crippen molar-refractivity contribution in [3.63, 3.8) is 0 Å². The standard InChI is InChI=1S/C17H17ClO2/c1-12-4-2-3-5-13(12)10-15(18)14-6-7-16-17(11-14)20-9-8-19-16/h2-7,11,15H,8-10H2,1H3. The summed E-state index contributed by atoms with van der Waals surface area (Å²) in [7, 11) is 0. The van der Waals surface area contributed by atoms with Crippen molar-refractivity contribution in [1.29, 1.82) is 0 Å². The molecule has 0 radical (unpaired) electrons. The van der Waals surface area contributed by atoms with Crippen molar-refractivity contribution in [2.75, 3.05) is 13.2 Å². The van der Waals surface area contributed by atoms with Crippen LogP contribution in [0.4, 0.5) is 0 Å². The summed E-state index contributed by atoms with van der Waals surface area (Å²) in [5, 5.41) is -0.0630. The highest BCUT2D eigenvalue weighted by molar-refractivity contribution is 6.21. The fraction of sp³-hybridized carbons (Fsp3) is 0.294. The number of halogens is 1. The second kappa shape index (κ2) is 5.76. The molecule has 0 bridgehead atoms. The van der Waals surface area contributed by atoms with E-state index in [1.165, 1.54) is 11.1 Å². The van der Waals surface area contributed by atoms with Gasteiger partial charge in [-0.3, -0.25) is 0 Å². The van der Waals surface area contributed by atoms with Crippen LogP contribution >= 0.6 is 11.6 Å². The Balaban J connectivity index is 1.80. The third kappa shape index (κ3) is 2.75. The van der Waals surface area contributed by atoms with Gasteiger partial charge < -0.3 is 9.47 Å². The van der Waals surface area contributed by atoms with Gasteiger partial charge in [0.25, 0.3) is 0 Å². The number of benzene rings is 2. The van der Waals surface area contributed by atoms with Gasteiger partial charge in [0.05, 0.1) is 5.38 Å². The second-order valence-electron chi connectivity index (χ2n) is 5.00. The monoisotopic (exact) mass is 288 g/mol. The normalized spacial score (nSPS) is 14.9. The Morgan fingerprint density at radius 2 is 1.80 bits per heavy atom. The molecule has 3 rings (SSSR count). The molecule has 2 aromatic rings.